The van der Waals surface area contributed by atoms with E-state index in [9.17, 15) is 12.8 Å². The van der Waals surface area contributed by atoms with E-state index in [1.807, 2.05) is 24.3 Å². The summed E-state index contributed by atoms with van der Waals surface area (Å²) in [4.78, 5) is 0.218. The molecule has 5 heteroatoms. The highest BCUT2D eigenvalue weighted by Crippen LogP contribution is 2.19. The van der Waals surface area contributed by atoms with Gasteiger partial charge in [0.15, 0.2) is 0 Å². The standard InChI is InChI=1S/C18H16FNO2S/c1-13-10-14(6-9-18(13)19)12-20-23(21,22)17-8-7-15-4-2-3-5-16(15)11-17/h2-11,20H,12H2,1H3. The largest absolute Gasteiger partial charge is 0.240 e. The zero-order valence-electron chi connectivity index (χ0n) is 12.6. The maximum atomic E-state index is 13.2. The van der Waals surface area contributed by atoms with Gasteiger partial charge in [-0.2, -0.15) is 0 Å². The van der Waals surface area contributed by atoms with Gasteiger partial charge in [0.25, 0.3) is 0 Å². The molecular formula is C18H16FNO2S. The summed E-state index contributed by atoms with van der Waals surface area (Å²) in [6.07, 6.45) is 0. The van der Waals surface area contributed by atoms with Crippen LogP contribution in [0.2, 0.25) is 0 Å². The van der Waals surface area contributed by atoms with Gasteiger partial charge in [-0.1, -0.05) is 42.5 Å². The van der Waals surface area contributed by atoms with Crippen LogP contribution in [-0.4, -0.2) is 8.42 Å². The molecule has 23 heavy (non-hydrogen) atoms. The maximum absolute atomic E-state index is 13.2. The first-order chi connectivity index (χ1) is 11.0. The molecule has 3 nitrogen and oxygen atoms in total. The second-order valence-electron chi connectivity index (χ2n) is 5.42. The van der Waals surface area contributed by atoms with Gasteiger partial charge in [0, 0.05) is 6.54 Å². The third-order valence-corrected chi connectivity index (χ3v) is 5.12. The van der Waals surface area contributed by atoms with Crippen LogP contribution in [0.5, 0.6) is 0 Å². The van der Waals surface area contributed by atoms with Gasteiger partial charge in [0.1, 0.15) is 5.82 Å². The fraction of sp³-hybridized carbons (Fsp3) is 0.111. The van der Waals surface area contributed by atoms with Crippen molar-refractivity contribution < 1.29 is 12.8 Å². The Morgan fingerprint density at radius 1 is 0.957 bits per heavy atom. The molecule has 0 aromatic heterocycles. The first-order valence-corrected chi connectivity index (χ1v) is 8.67. The van der Waals surface area contributed by atoms with E-state index in [1.165, 1.54) is 6.07 Å². The summed E-state index contributed by atoms with van der Waals surface area (Å²) in [5.74, 6) is -0.300. The van der Waals surface area contributed by atoms with Crippen molar-refractivity contribution in [1.82, 2.24) is 4.72 Å². The molecule has 0 aliphatic carbocycles. The van der Waals surface area contributed by atoms with Gasteiger partial charge in [-0.3, -0.25) is 0 Å². The van der Waals surface area contributed by atoms with Crippen molar-refractivity contribution in [2.24, 2.45) is 0 Å². The molecule has 0 unspecified atom stereocenters. The highest BCUT2D eigenvalue weighted by molar-refractivity contribution is 7.89. The van der Waals surface area contributed by atoms with Crippen molar-refractivity contribution >= 4 is 20.8 Å². The molecule has 0 heterocycles. The summed E-state index contributed by atoms with van der Waals surface area (Å²) in [5, 5.41) is 1.86. The van der Waals surface area contributed by atoms with Crippen LogP contribution in [0.4, 0.5) is 4.39 Å². The Morgan fingerprint density at radius 2 is 1.70 bits per heavy atom. The molecule has 0 fully saturated rings. The van der Waals surface area contributed by atoms with Crippen LogP contribution in [0.3, 0.4) is 0 Å². The smallest absolute Gasteiger partial charge is 0.207 e. The number of nitrogens with one attached hydrogen (secondary N) is 1. The van der Waals surface area contributed by atoms with Crippen LogP contribution in [0.15, 0.2) is 65.6 Å². The Hall–Kier alpha value is -2.24. The summed E-state index contributed by atoms with van der Waals surface area (Å²) in [7, 11) is -3.62. The fourth-order valence-electron chi connectivity index (χ4n) is 2.41. The number of fused-ring (bicyclic) bond motifs is 1. The number of halogens is 1. The zero-order valence-corrected chi connectivity index (χ0v) is 13.4. The van der Waals surface area contributed by atoms with E-state index in [1.54, 1.807) is 37.3 Å². The normalized spacial score (nSPS) is 11.7. The number of benzene rings is 3. The van der Waals surface area contributed by atoms with Gasteiger partial charge < -0.3 is 0 Å². The number of hydrogen-bond acceptors (Lipinski definition) is 2. The molecule has 1 N–H and O–H groups in total. The lowest BCUT2D eigenvalue weighted by Gasteiger charge is -2.09. The highest BCUT2D eigenvalue weighted by Gasteiger charge is 2.14. The Morgan fingerprint density at radius 3 is 2.43 bits per heavy atom. The van der Waals surface area contributed by atoms with Crippen molar-refractivity contribution in [3.05, 3.63) is 77.6 Å². The van der Waals surface area contributed by atoms with Gasteiger partial charge in [0.05, 0.1) is 4.90 Å². The molecule has 0 radical (unpaired) electrons. The molecule has 3 aromatic carbocycles. The minimum absolute atomic E-state index is 0.121. The molecule has 0 amide bonds. The Balaban J connectivity index is 1.83. The van der Waals surface area contributed by atoms with Gasteiger partial charge in [-0.15, -0.1) is 0 Å². The van der Waals surface area contributed by atoms with Crippen molar-refractivity contribution in [2.45, 2.75) is 18.4 Å². The lowest BCUT2D eigenvalue weighted by molar-refractivity contribution is 0.581. The highest BCUT2D eigenvalue weighted by atomic mass is 32.2. The van der Waals surface area contributed by atoms with Crippen molar-refractivity contribution in [3.8, 4) is 0 Å². The van der Waals surface area contributed by atoms with Gasteiger partial charge in [-0.25, -0.2) is 17.5 Å². The summed E-state index contributed by atoms with van der Waals surface area (Å²) in [5.41, 5.74) is 1.21. The van der Waals surface area contributed by atoms with E-state index in [-0.39, 0.29) is 17.3 Å². The van der Waals surface area contributed by atoms with Gasteiger partial charge in [-0.05, 0) is 47.0 Å². The Labute approximate surface area is 134 Å². The van der Waals surface area contributed by atoms with E-state index in [4.69, 9.17) is 0 Å². The summed E-state index contributed by atoms with van der Waals surface area (Å²) in [6, 6.07) is 17.1. The predicted molar refractivity (Wildman–Crippen MR) is 89.1 cm³/mol. The first-order valence-electron chi connectivity index (χ1n) is 7.19. The van der Waals surface area contributed by atoms with E-state index in [0.29, 0.717) is 11.1 Å². The Kier molecular flexibility index (Phi) is 4.15. The summed E-state index contributed by atoms with van der Waals surface area (Å²) >= 11 is 0. The minimum atomic E-state index is -3.62. The quantitative estimate of drug-likeness (QED) is 0.792. The summed E-state index contributed by atoms with van der Waals surface area (Å²) < 4.78 is 40.6. The topological polar surface area (TPSA) is 46.2 Å². The fourth-order valence-corrected chi connectivity index (χ4v) is 3.47. The average molecular weight is 329 g/mol. The van der Waals surface area contributed by atoms with Gasteiger partial charge in [0.2, 0.25) is 10.0 Å². The number of rotatable bonds is 4. The number of hydrogen-bond donors (Lipinski definition) is 1. The van der Waals surface area contributed by atoms with Crippen LogP contribution in [0.25, 0.3) is 10.8 Å². The first kappa shape index (κ1) is 15.6. The van der Waals surface area contributed by atoms with Gasteiger partial charge >= 0.3 is 0 Å². The molecule has 0 saturated carbocycles. The van der Waals surface area contributed by atoms with E-state index in [0.717, 1.165) is 10.8 Å². The summed E-state index contributed by atoms with van der Waals surface area (Å²) in [6.45, 7) is 1.77. The van der Waals surface area contributed by atoms with Crippen molar-refractivity contribution in [2.75, 3.05) is 0 Å². The molecule has 118 valence electrons. The monoisotopic (exact) mass is 329 g/mol. The number of aryl methyl sites for hydroxylation is 1. The van der Waals surface area contributed by atoms with E-state index >= 15 is 0 Å². The second-order valence-corrected chi connectivity index (χ2v) is 7.18. The van der Waals surface area contributed by atoms with Crippen molar-refractivity contribution in [3.63, 3.8) is 0 Å². The molecule has 0 aliphatic rings. The SMILES string of the molecule is Cc1cc(CNS(=O)(=O)c2ccc3ccccc3c2)ccc1F. The lowest BCUT2D eigenvalue weighted by atomic mass is 10.1. The van der Waals surface area contributed by atoms with Crippen molar-refractivity contribution in [1.29, 1.82) is 0 Å². The van der Waals surface area contributed by atoms with Crippen LogP contribution in [0.1, 0.15) is 11.1 Å². The van der Waals surface area contributed by atoms with Crippen LogP contribution in [0, 0.1) is 12.7 Å². The third kappa shape index (κ3) is 3.41. The van der Waals surface area contributed by atoms with Crippen LogP contribution < -0.4 is 4.72 Å². The molecular weight excluding hydrogens is 313 g/mol. The maximum Gasteiger partial charge on any atom is 0.240 e. The Bertz CT molecular complexity index is 968. The molecule has 3 aromatic rings. The molecule has 0 spiro atoms. The molecule has 0 atom stereocenters. The van der Waals surface area contributed by atoms with Crippen LogP contribution in [-0.2, 0) is 16.6 Å². The molecule has 0 saturated heterocycles. The molecule has 0 bridgehead atoms. The second kappa shape index (κ2) is 6.10. The van der Waals surface area contributed by atoms with E-state index < -0.39 is 10.0 Å². The number of sulfonamides is 1. The van der Waals surface area contributed by atoms with Crippen LogP contribution >= 0.6 is 0 Å². The minimum Gasteiger partial charge on any atom is -0.207 e. The molecule has 3 rings (SSSR count). The lowest BCUT2D eigenvalue weighted by Crippen LogP contribution is -2.23. The average Bonchev–Trinajstić information content (AvgIpc) is 2.55. The predicted octanol–water partition coefficient (Wildman–Crippen LogP) is 3.77. The van der Waals surface area contributed by atoms with E-state index in [2.05, 4.69) is 4.72 Å². The zero-order chi connectivity index (χ0) is 16.4. The third-order valence-electron chi connectivity index (χ3n) is 3.72. The molecule has 0 aliphatic heterocycles.